The van der Waals surface area contributed by atoms with Gasteiger partial charge in [0.25, 0.3) is 5.91 Å². The second-order valence-electron chi connectivity index (χ2n) is 27.2. The van der Waals surface area contributed by atoms with Gasteiger partial charge in [0, 0.05) is 95.1 Å². The zero-order valence-corrected chi connectivity index (χ0v) is 63.1. The van der Waals surface area contributed by atoms with Crippen molar-refractivity contribution in [3.63, 3.8) is 0 Å². The molecule has 10 rings (SSSR count). The quantitative estimate of drug-likeness (QED) is 0.0353. The van der Waals surface area contributed by atoms with Crippen molar-refractivity contribution in [2.24, 2.45) is 0 Å². The number of carbonyl (C=O) groups is 5. The summed E-state index contributed by atoms with van der Waals surface area (Å²) < 4.78 is 108. The number of nitrogens with zero attached hydrogens (tertiary/aromatic N) is 6. The van der Waals surface area contributed by atoms with E-state index in [4.69, 9.17) is 42.1 Å². The predicted octanol–water partition coefficient (Wildman–Crippen LogP) is 16.3. The molecule has 3 heterocycles. The average molecular weight is 1570 g/mol. The van der Waals surface area contributed by atoms with Crippen LogP contribution in [0.4, 0.5) is 47.3 Å². The van der Waals surface area contributed by atoms with Gasteiger partial charge in [0.1, 0.15) is 18.3 Å². The molecule has 17 nitrogen and oxygen atoms in total. The number of hydrogen-bond donors (Lipinski definition) is 2. The van der Waals surface area contributed by atoms with E-state index in [1.165, 1.54) is 10.5 Å². The van der Waals surface area contributed by atoms with Crippen molar-refractivity contribution in [3.8, 4) is 11.1 Å². The largest absolute Gasteiger partial charge is 0.449 e. The number of unbranched alkanes of at least 4 members (excludes halogenated alkanes) is 3. The fourth-order valence-corrected chi connectivity index (χ4v) is 14.5. The van der Waals surface area contributed by atoms with Gasteiger partial charge in [-0.25, -0.2) is 9.59 Å². The molecule has 0 aromatic heterocycles. The zero-order chi connectivity index (χ0) is 72.6. The summed E-state index contributed by atoms with van der Waals surface area (Å²) in [5.74, 6) is -1.05. The van der Waals surface area contributed by atoms with Gasteiger partial charge in [-0.3, -0.25) is 25.0 Å². The van der Waals surface area contributed by atoms with Gasteiger partial charge in [0.05, 0.1) is 52.7 Å². The van der Waals surface area contributed by atoms with Crippen molar-refractivity contribution < 1.29 is 69.3 Å². The number of amides is 5. The predicted molar refractivity (Wildman–Crippen MR) is 402 cm³/mol. The molecule has 572 valence electrons. The van der Waals surface area contributed by atoms with Crippen LogP contribution >= 0.6 is 60.4 Å². The van der Waals surface area contributed by atoms with Crippen molar-refractivity contribution in [3.05, 3.63) is 189 Å². The molecule has 28 heteroatoms. The number of anilines is 2. The molecule has 0 unspecified atom stereocenters. The molecule has 0 radical (unpaired) electrons. The van der Waals surface area contributed by atoms with E-state index < -0.39 is 58.2 Å². The molecular formula is C77H93Cl5F6N8O9. The minimum atomic E-state index is -5.14. The lowest BCUT2D eigenvalue weighted by molar-refractivity contribution is -0.143. The van der Waals surface area contributed by atoms with Gasteiger partial charge in [0.15, 0.2) is 0 Å². The second kappa shape index (κ2) is 39.3. The van der Waals surface area contributed by atoms with E-state index in [-0.39, 0.29) is 117 Å². The van der Waals surface area contributed by atoms with Gasteiger partial charge in [-0.2, -0.15) is 26.3 Å². The highest BCUT2D eigenvalue weighted by atomic mass is 35.5. The molecular weight excluding hydrogens is 1470 g/mol. The Labute approximate surface area is 639 Å². The number of likely N-dealkylation sites (N-methyl/N-ethyl adjacent to an activating group) is 2. The number of benzene rings is 6. The summed E-state index contributed by atoms with van der Waals surface area (Å²) in [6.07, 6.45) is -3.71. The Bertz CT molecular complexity index is 3800. The van der Waals surface area contributed by atoms with E-state index in [1.807, 2.05) is 103 Å². The fraction of sp³-hybridized carbons (Fsp3) is 0.468. The molecule has 2 N–H and O–H groups in total. The van der Waals surface area contributed by atoms with Gasteiger partial charge >= 0.3 is 24.5 Å². The van der Waals surface area contributed by atoms with Crippen LogP contribution in [0, 0.1) is 0 Å². The summed E-state index contributed by atoms with van der Waals surface area (Å²) in [5.41, 5.74) is 1.62. The number of fused-ring (bicyclic) bond motifs is 2. The van der Waals surface area contributed by atoms with E-state index in [0.717, 1.165) is 87.1 Å². The van der Waals surface area contributed by atoms with Crippen molar-refractivity contribution in [1.29, 1.82) is 0 Å². The summed E-state index contributed by atoms with van der Waals surface area (Å²) in [4.78, 5) is 77.7. The topological polar surface area (TPSA) is 166 Å². The van der Waals surface area contributed by atoms with Gasteiger partial charge in [-0.1, -0.05) is 121 Å². The maximum atomic E-state index is 14.0. The van der Waals surface area contributed by atoms with E-state index >= 15 is 0 Å². The number of piperidine rings is 2. The van der Waals surface area contributed by atoms with Crippen LogP contribution < -0.4 is 10.6 Å². The highest BCUT2D eigenvalue weighted by molar-refractivity contribution is 6.42. The lowest BCUT2D eigenvalue weighted by Gasteiger charge is -2.46. The zero-order valence-electron chi connectivity index (χ0n) is 59.1. The van der Waals surface area contributed by atoms with Crippen LogP contribution in [0.2, 0.25) is 10.0 Å². The third-order valence-corrected chi connectivity index (χ3v) is 20.9. The molecule has 4 aliphatic rings. The molecule has 0 saturated carbocycles. The number of likely N-dealkylation sites (tertiary alicyclic amines) is 2. The molecule has 105 heavy (non-hydrogen) atoms. The van der Waals surface area contributed by atoms with E-state index in [1.54, 1.807) is 30.1 Å². The van der Waals surface area contributed by atoms with Crippen molar-refractivity contribution in [2.75, 3.05) is 124 Å². The average Bonchev–Trinajstić information content (AvgIpc) is 1.61. The molecule has 2 atom stereocenters. The number of ether oxygens (including phenoxy) is 4. The number of morpholine rings is 1. The first-order valence-corrected chi connectivity index (χ1v) is 35.7. The van der Waals surface area contributed by atoms with Crippen LogP contribution in [0.3, 0.4) is 0 Å². The number of nitrogens with one attached hydrogen (secondary N) is 2. The van der Waals surface area contributed by atoms with E-state index in [2.05, 4.69) is 44.5 Å². The Balaban J connectivity index is 0.00000513. The Hall–Kier alpha value is -6.90. The molecule has 0 bridgehead atoms. The summed E-state index contributed by atoms with van der Waals surface area (Å²) in [6.45, 7) is 6.37. The minimum absolute atomic E-state index is 0. The van der Waals surface area contributed by atoms with Gasteiger partial charge in [-0.15, -0.1) is 37.2 Å². The molecule has 6 aromatic carbocycles. The van der Waals surface area contributed by atoms with E-state index in [9.17, 15) is 50.3 Å². The summed E-state index contributed by atoms with van der Waals surface area (Å²) in [6, 6.07) is 39.2. The highest BCUT2D eigenvalue weighted by Gasteiger charge is 2.50. The molecule has 5 amide bonds. The number of carbonyl (C=O) groups excluding carboxylic acids is 5. The first-order valence-electron chi connectivity index (χ1n) is 35.0. The molecule has 6 aromatic rings. The molecule has 3 fully saturated rings. The second-order valence-corrected chi connectivity index (χ2v) is 28.0. The van der Waals surface area contributed by atoms with Crippen LogP contribution in [0.15, 0.2) is 140 Å². The van der Waals surface area contributed by atoms with Gasteiger partial charge in [0.2, 0.25) is 11.8 Å². The van der Waals surface area contributed by atoms with Crippen LogP contribution in [-0.4, -0.2) is 184 Å². The number of hydrogen-bond acceptors (Lipinski definition) is 12. The summed E-state index contributed by atoms with van der Waals surface area (Å²) in [5, 5.41) is 6.18. The van der Waals surface area contributed by atoms with Crippen LogP contribution in [0.1, 0.15) is 114 Å². The van der Waals surface area contributed by atoms with E-state index in [0.29, 0.717) is 100 Å². The van der Waals surface area contributed by atoms with Gasteiger partial charge in [-0.05, 0) is 167 Å². The van der Waals surface area contributed by atoms with Crippen LogP contribution in [0.25, 0.3) is 11.1 Å². The lowest BCUT2D eigenvalue weighted by Crippen LogP contribution is -2.54. The first kappa shape index (κ1) is 85.4. The van der Waals surface area contributed by atoms with Crippen molar-refractivity contribution in [2.45, 2.75) is 119 Å². The third kappa shape index (κ3) is 23.3. The normalized spacial score (nSPS) is 17.5. The minimum Gasteiger partial charge on any atom is -0.449 e. The molecule has 3 aliphatic heterocycles. The fourth-order valence-electron chi connectivity index (χ4n) is 14.3. The van der Waals surface area contributed by atoms with Crippen molar-refractivity contribution in [1.82, 2.24) is 29.4 Å². The maximum Gasteiger partial charge on any atom is 0.416 e. The number of halogens is 11. The summed E-state index contributed by atoms with van der Waals surface area (Å²) in [7, 11) is 5.65. The highest BCUT2D eigenvalue weighted by Crippen LogP contribution is 2.49. The van der Waals surface area contributed by atoms with Gasteiger partial charge < -0.3 is 48.3 Å². The van der Waals surface area contributed by atoms with Crippen LogP contribution in [-0.2, 0) is 64.9 Å². The standard InChI is InChI=1S/C77H90Cl2F6N8O9.3ClH/c1-88(34-13-5-8-22-69(94)90(3)41-42-91-36-29-62(30-37-91)102-73(98)87-67-21-12-10-19-63(67)55-16-6-4-7-17-55)51-54-23-26-61(27-24-54)86-72(97)99-44-15-14-35-89(2)70(95)52-100-68-48-56-18-9-11-20-64(56)74(68)31-38-92(39-32-74)40-33-75(58-25-28-65(78)66(79)50-58)53-93(43-45-101-75)71(96)57-46-59(76(80,81)82)49-60(47-57)77(83,84)85;;;/h4,6-7,9-12,16-21,23-28,46-47,49-50,62,68H,5,8,13-15,22,29-45,48,51-53H2,1-3H3,(H,86,97)(H,87,98);3*1H/t68-,75-;;;/m0.../s1. The maximum absolute atomic E-state index is 14.0. The SMILES string of the molecule is CN(CCCCCC(=O)N(C)CCN1CCC(OC(=O)Nc2ccccc2-c2ccccc2)CC1)Cc1ccc(NC(=O)OCCCCN(C)C(=O)CO[C@H]2Cc3ccccc3C23CCN(CC[C@@]2(c4ccc(Cl)c(Cl)c4)CN(C(=O)c4cc(C(F)(F)F)cc(C(F)(F)F)c4)CCO2)CC3)cc1.Cl.Cl.Cl. The smallest absolute Gasteiger partial charge is 0.416 e. The number of alkyl halides is 6. The summed E-state index contributed by atoms with van der Waals surface area (Å²) >= 11 is 12.8. The molecule has 1 spiro atoms. The lowest BCUT2D eigenvalue weighted by atomic mass is 9.72. The molecule has 3 saturated heterocycles. The number of rotatable bonds is 28. The number of para-hydroxylation sites is 1. The monoisotopic (exact) mass is 1560 g/mol. The first-order chi connectivity index (χ1) is 48.8. The Morgan fingerprint density at radius 2 is 1.29 bits per heavy atom. The Morgan fingerprint density at radius 1 is 0.638 bits per heavy atom. The molecule has 1 aliphatic carbocycles. The van der Waals surface area contributed by atoms with Crippen LogP contribution in [0.5, 0.6) is 0 Å². The third-order valence-electron chi connectivity index (χ3n) is 20.2. The Morgan fingerprint density at radius 3 is 1.98 bits per heavy atom. The van der Waals surface area contributed by atoms with Crippen molar-refractivity contribution >= 4 is 102 Å². The Kier molecular flexibility index (Phi) is 31.9.